The van der Waals surface area contributed by atoms with Gasteiger partial charge in [0.05, 0.1) is 19.1 Å². The number of rotatable bonds is 7. The van der Waals surface area contributed by atoms with Crippen LogP contribution in [0.1, 0.15) is 18.1 Å². The van der Waals surface area contributed by atoms with E-state index in [9.17, 15) is 14.3 Å². The second kappa shape index (κ2) is 8.14. The van der Waals surface area contributed by atoms with Crippen LogP contribution in [-0.2, 0) is 4.79 Å². The SMILES string of the molecule is O=C(CC(O)c1cccc(F)c1)NCCOc1ccccc1. The molecule has 4 nitrogen and oxygen atoms in total. The summed E-state index contributed by atoms with van der Waals surface area (Å²) in [5.74, 6) is -0.0156. The van der Waals surface area contributed by atoms with Gasteiger partial charge in [0.15, 0.2) is 0 Å². The van der Waals surface area contributed by atoms with Crippen molar-refractivity contribution >= 4 is 5.91 Å². The number of para-hydroxylation sites is 1. The van der Waals surface area contributed by atoms with Gasteiger partial charge >= 0.3 is 0 Å². The fourth-order valence-electron chi connectivity index (χ4n) is 1.96. The summed E-state index contributed by atoms with van der Waals surface area (Å²) in [6, 6.07) is 14.9. The molecule has 2 aromatic carbocycles. The monoisotopic (exact) mass is 303 g/mol. The number of benzene rings is 2. The maximum Gasteiger partial charge on any atom is 0.223 e. The number of carbonyl (C=O) groups excluding carboxylic acids is 1. The van der Waals surface area contributed by atoms with Gasteiger partial charge in [0.1, 0.15) is 18.2 Å². The standard InChI is InChI=1S/C17H18FNO3/c18-14-6-4-5-13(11-14)16(20)12-17(21)19-9-10-22-15-7-2-1-3-8-15/h1-8,11,16,20H,9-10,12H2,(H,19,21). The Hall–Kier alpha value is -2.40. The third-order valence-electron chi connectivity index (χ3n) is 3.05. The zero-order chi connectivity index (χ0) is 15.8. The maximum absolute atomic E-state index is 13.0. The molecule has 0 bridgehead atoms. The molecule has 1 amide bonds. The van der Waals surface area contributed by atoms with Crippen molar-refractivity contribution in [2.75, 3.05) is 13.2 Å². The molecule has 2 N–H and O–H groups in total. The van der Waals surface area contributed by atoms with E-state index in [2.05, 4.69) is 5.32 Å². The van der Waals surface area contributed by atoms with Gasteiger partial charge in [-0.1, -0.05) is 30.3 Å². The van der Waals surface area contributed by atoms with E-state index in [1.165, 1.54) is 18.2 Å². The van der Waals surface area contributed by atoms with Crippen LogP contribution in [-0.4, -0.2) is 24.2 Å². The summed E-state index contributed by atoms with van der Waals surface area (Å²) in [7, 11) is 0. The second-order valence-electron chi connectivity index (χ2n) is 4.79. The van der Waals surface area contributed by atoms with Gasteiger partial charge < -0.3 is 15.2 Å². The second-order valence-corrected chi connectivity index (χ2v) is 4.79. The van der Waals surface area contributed by atoms with E-state index in [4.69, 9.17) is 4.74 Å². The molecule has 1 unspecified atom stereocenters. The van der Waals surface area contributed by atoms with Gasteiger partial charge in [-0.15, -0.1) is 0 Å². The predicted molar refractivity (Wildman–Crippen MR) is 80.9 cm³/mol. The summed E-state index contributed by atoms with van der Waals surface area (Å²) < 4.78 is 18.5. The summed E-state index contributed by atoms with van der Waals surface area (Å²) in [6.45, 7) is 0.676. The van der Waals surface area contributed by atoms with Gasteiger partial charge in [-0.2, -0.15) is 0 Å². The van der Waals surface area contributed by atoms with Crippen molar-refractivity contribution in [3.8, 4) is 5.75 Å². The highest BCUT2D eigenvalue weighted by atomic mass is 19.1. The van der Waals surface area contributed by atoms with E-state index in [0.29, 0.717) is 18.7 Å². The van der Waals surface area contributed by atoms with E-state index in [0.717, 1.165) is 5.75 Å². The highest BCUT2D eigenvalue weighted by molar-refractivity contribution is 5.76. The first-order valence-electron chi connectivity index (χ1n) is 7.03. The molecule has 22 heavy (non-hydrogen) atoms. The zero-order valence-electron chi connectivity index (χ0n) is 12.0. The molecule has 0 aliphatic carbocycles. The van der Waals surface area contributed by atoms with Crippen LogP contribution in [0.2, 0.25) is 0 Å². The number of hydrogen-bond donors (Lipinski definition) is 2. The van der Waals surface area contributed by atoms with Crippen molar-refractivity contribution in [1.29, 1.82) is 0 Å². The van der Waals surface area contributed by atoms with Crippen LogP contribution in [0.3, 0.4) is 0 Å². The van der Waals surface area contributed by atoms with Crippen LogP contribution in [0.4, 0.5) is 4.39 Å². The molecular formula is C17H18FNO3. The molecule has 0 saturated carbocycles. The van der Waals surface area contributed by atoms with E-state index in [1.54, 1.807) is 6.07 Å². The topological polar surface area (TPSA) is 58.6 Å². The molecule has 0 fully saturated rings. The molecule has 2 aromatic rings. The van der Waals surface area contributed by atoms with Crippen LogP contribution in [0.5, 0.6) is 5.75 Å². The molecule has 2 rings (SSSR count). The molecule has 0 spiro atoms. The zero-order valence-corrected chi connectivity index (χ0v) is 12.0. The third-order valence-corrected chi connectivity index (χ3v) is 3.05. The summed E-state index contributed by atoms with van der Waals surface area (Å²) in [5, 5.41) is 12.5. The minimum Gasteiger partial charge on any atom is -0.492 e. The van der Waals surface area contributed by atoms with Gasteiger partial charge in [0.25, 0.3) is 0 Å². The molecule has 0 saturated heterocycles. The number of carbonyl (C=O) groups is 1. The van der Waals surface area contributed by atoms with Crippen LogP contribution in [0, 0.1) is 5.82 Å². The first-order chi connectivity index (χ1) is 10.6. The Bertz CT molecular complexity index is 604. The largest absolute Gasteiger partial charge is 0.492 e. The quantitative estimate of drug-likeness (QED) is 0.772. The van der Waals surface area contributed by atoms with Crippen molar-refractivity contribution in [1.82, 2.24) is 5.32 Å². The molecule has 0 aromatic heterocycles. The van der Waals surface area contributed by atoms with Crippen LogP contribution in [0.25, 0.3) is 0 Å². The van der Waals surface area contributed by atoms with E-state index in [1.807, 2.05) is 30.3 Å². The minimum atomic E-state index is -1.02. The maximum atomic E-state index is 13.0. The smallest absolute Gasteiger partial charge is 0.223 e. The number of aliphatic hydroxyl groups is 1. The molecule has 0 aliphatic rings. The highest BCUT2D eigenvalue weighted by Gasteiger charge is 2.13. The number of nitrogens with one attached hydrogen (secondary N) is 1. The number of hydrogen-bond acceptors (Lipinski definition) is 3. The summed E-state index contributed by atoms with van der Waals surface area (Å²) in [4.78, 5) is 11.7. The average Bonchev–Trinajstić information content (AvgIpc) is 2.52. The minimum absolute atomic E-state index is 0.116. The third kappa shape index (κ3) is 5.18. The Morgan fingerprint density at radius 3 is 2.68 bits per heavy atom. The van der Waals surface area contributed by atoms with Gasteiger partial charge in [0, 0.05) is 0 Å². The van der Waals surface area contributed by atoms with E-state index >= 15 is 0 Å². The summed E-state index contributed by atoms with van der Waals surface area (Å²) in [5.41, 5.74) is 0.385. The van der Waals surface area contributed by atoms with Gasteiger partial charge in [-0.25, -0.2) is 4.39 Å². The van der Waals surface area contributed by atoms with Crippen molar-refractivity contribution in [3.05, 3.63) is 66.0 Å². The summed E-state index contributed by atoms with van der Waals surface area (Å²) in [6.07, 6.45) is -1.14. The number of halogens is 1. The van der Waals surface area contributed by atoms with Gasteiger partial charge in [0.2, 0.25) is 5.91 Å². The summed E-state index contributed by atoms with van der Waals surface area (Å²) >= 11 is 0. The Kier molecular flexibility index (Phi) is 5.91. The lowest BCUT2D eigenvalue weighted by Gasteiger charge is -2.12. The Morgan fingerprint density at radius 1 is 1.18 bits per heavy atom. The lowest BCUT2D eigenvalue weighted by atomic mass is 10.1. The fourth-order valence-corrected chi connectivity index (χ4v) is 1.96. The van der Waals surface area contributed by atoms with Crippen LogP contribution in [0.15, 0.2) is 54.6 Å². The number of ether oxygens (including phenoxy) is 1. The van der Waals surface area contributed by atoms with Gasteiger partial charge in [-0.3, -0.25) is 4.79 Å². The molecular weight excluding hydrogens is 285 g/mol. The van der Waals surface area contributed by atoms with Crippen molar-refractivity contribution < 1.29 is 19.0 Å². The van der Waals surface area contributed by atoms with Gasteiger partial charge in [-0.05, 0) is 29.8 Å². The first-order valence-corrected chi connectivity index (χ1v) is 7.03. The predicted octanol–water partition coefficient (Wildman–Crippen LogP) is 2.44. The molecule has 1 atom stereocenters. The van der Waals surface area contributed by atoms with E-state index in [-0.39, 0.29) is 12.3 Å². The Balaban J connectivity index is 1.69. The normalized spacial score (nSPS) is 11.7. The average molecular weight is 303 g/mol. The highest BCUT2D eigenvalue weighted by Crippen LogP contribution is 2.17. The number of amides is 1. The van der Waals surface area contributed by atoms with Crippen LogP contribution >= 0.6 is 0 Å². The molecule has 5 heteroatoms. The molecule has 0 aliphatic heterocycles. The van der Waals surface area contributed by atoms with Crippen LogP contribution < -0.4 is 10.1 Å². The van der Waals surface area contributed by atoms with E-state index < -0.39 is 11.9 Å². The molecule has 0 heterocycles. The molecule has 0 radical (unpaired) electrons. The fraction of sp³-hybridized carbons (Fsp3) is 0.235. The number of aliphatic hydroxyl groups excluding tert-OH is 1. The Morgan fingerprint density at radius 2 is 1.95 bits per heavy atom. The first kappa shape index (κ1) is 16.0. The van der Waals surface area contributed by atoms with Crippen molar-refractivity contribution in [2.45, 2.75) is 12.5 Å². The lowest BCUT2D eigenvalue weighted by Crippen LogP contribution is -2.29. The Labute approximate surface area is 128 Å². The van der Waals surface area contributed by atoms with Crippen molar-refractivity contribution in [3.63, 3.8) is 0 Å². The van der Waals surface area contributed by atoms with Crippen molar-refractivity contribution in [2.24, 2.45) is 0 Å². The lowest BCUT2D eigenvalue weighted by molar-refractivity contribution is -0.123. The molecule has 116 valence electrons.